The Morgan fingerprint density at radius 3 is 2.00 bits per heavy atom. The van der Waals surface area contributed by atoms with Gasteiger partial charge in [0.05, 0.1) is 0 Å². The van der Waals surface area contributed by atoms with Crippen molar-refractivity contribution in [1.29, 1.82) is 0 Å². The second-order valence-electron chi connectivity index (χ2n) is 5.18. The van der Waals surface area contributed by atoms with Crippen LogP contribution in [0.3, 0.4) is 0 Å². The molecule has 112 valence electrons. The van der Waals surface area contributed by atoms with Gasteiger partial charge in [-0.2, -0.15) is 6.42 Å². The first-order chi connectivity index (χ1) is 9.67. The second-order valence-corrected chi connectivity index (χ2v) is 19.8. The molecule has 2 rings (SSSR count). The number of oxazole rings is 1. The van der Waals surface area contributed by atoms with E-state index in [4.69, 9.17) is 9.40 Å². The third-order valence-electron chi connectivity index (χ3n) is 4.13. The molecule has 1 aromatic carbocycles. The molecule has 0 unspecified atom stereocenters. The maximum Gasteiger partial charge on any atom is 1.00 e. The van der Waals surface area contributed by atoms with Gasteiger partial charge < -0.3 is 6.92 Å². The van der Waals surface area contributed by atoms with Gasteiger partial charge in [0.15, 0.2) is 0 Å². The molecule has 0 atom stereocenters. The summed E-state index contributed by atoms with van der Waals surface area (Å²) in [6.45, 7) is 12.6. The van der Waals surface area contributed by atoms with Crippen LogP contribution in [-0.2, 0) is 0 Å². The minimum atomic E-state index is -2.26. The van der Waals surface area contributed by atoms with Crippen LogP contribution in [0, 0.1) is 6.92 Å². The van der Waals surface area contributed by atoms with E-state index in [1.807, 2.05) is 24.3 Å². The molecule has 2 aromatic rings. The van der Waals surface area contributed by atoms with Crippen molar-refractivity contribution in [1.82, 2.24) is 4.98 Å². The standard InChI is InChI=1S/C7H4NO.C4H9.3C2H5.Li.Sn/c1-2-4-7-6(3-1)8-5-9-7;1-3-4-2;3*1-2;;/h1-4H;1,3-4H2,2H3;3*1H2,2H3;;/q;-1;;;;+1;. The number of rotatable bonds is 5. The summed E-state index contributed by atoms with van der Waals surface area (Å²) in [6, 6.07) is 8.09. The molecule has 0 amide bonds. The molecule has 0 spiro atoms. The first-order valence-electron chi connectivity index (χ1n) is 7.82. The Kier molecular flexibility index (Phi) is 10.8. The van der Waals surface area contributed by atoms with Gasteiger partial charge in [-0.25, -0.2) is 0 Å². The number of nitrogens with zero attached hydrogens (tertiary/aromatic N) is 1. The van der Waals surface area contributed by atoms with Crippen LogP contribution in [0.1, 0.15) is 40.5 Å². The zero-order valence-corrected chi connectivity index (χ0v) is 17.3. The van der Waals surface area contributed by atoms with Crippen molar-refractivity contribution < 1.29 is 23.3 Å². The fourth-order valence-electron chi connectivity index (χ4n) is 2.30. The zero-order chi connectivity index (χ0) is 15.0. The van der Waals surface area contributed by atoms with E-state index in [2.05, 4.69) is 34.6 Å². The normalized spacial score (nSPS) is 10.7. The van der Waals surface area contributed by atoms with Gasteiger partial charge in [-0.3, -0.25) is 0 Å². The summed E-state index contributed by atoms with van der Waals surface area (Å²) in [4.78, 5) is 4.72. The zero-order valence-electron chi connectivity index (χ0n) is 14.4. The van der Waals surface area contributed by atoms with Gasteiger partial charge in [0.25, 0.3) is 0 Å². The third kappa shape index (κ3) is 5.34. The van der Waals surface area contributed by atoms with Crippen molar-refractivity contribution in [3.63, 3.8) is 0 Å². The summed E-state index contributed by atoms with van der Waals surface area (Å²) in [6.07, 6.45) is 2.28. The van der Waals surface area contributed by atoms with E-state index in [1.165, 1.54) is 19.7 Å². The molecule has 0 aliphatic heterocycles. The molecule has 4 heteroatoms. The molecule has 0 N–H and O–H groups in total. The number of unbranched alkanes of at least 4 members (excludes halogenated alkanes) is 1. The Labute approximate surface area is 146 Å². The van der Waals surface area contributed by atoms with Crippen LogP contribution in [0.2, 0.25) is 13.3 Å². The van der Waals surface area contributed by atoms with Gasteiger partial charge in [0.1, 0.15) is 0 Å². The van der Waals surface area contributed by atoms with Crippen LogP contribution in [0.5, 0.6) is 0 Å². The molecular formula is C17H28LiNOSn. The van der Waals surface area contributed by atoms with E-state index < -0.39 is 18.4 Å². The maximum atomic E-state index is 5.99. The van der Waals surface area contributed by atoms with Crippen molar-refractivity contribution in [3.8, 4) is 0 Å². The number of para-hydroxylation sites is 2. The molecule has 2 nitrogen and oxygen atoms in total. The number of hydrogen-bond acceptors (Lipinski definition) is 2. The Morgan fingerprint density at radius 2 is 1.57 bits per heavy atom. The Morgan fingerprint density at radius 1 is 1.05 bits per heavy atom. The van der Waals surface area contributed by atoms with Gasteiger partial charge in [-0.05, 0) is 0 Å². The predicted molar refractivity (Wildman–Crippen MR) is 91.1 cm³/mol. The largest absolute Gasteiger partial charge is 1.00 e. The summed E-state index contributed by atoms with van der Waals surface area (Å²) in [5.41, 5.74) is 1.97. The van der Waals surface area contributed by atoms with Crippen molar-refractivity contribution in [2.75, 3.05) is 0 Å². The predicted octanol–water partition coefficient (Wildman–Crippen LogP) is 2.17. The molecule has 0 aliphatic rings. The molecular weight excluding hydrogens is 360 g/mol. The number of aromatic nitrogens is 1. The second kappa shape index (κ2) is 10.8. The van der Waals surface area contributed by atoms with Crippen molar-refractivity contribution in [2.24, 2.45) is 0 Å². The van der Waals surface area contributed by atoms with Gasteiger partial charge in [0.2, 0.25) is 0 Å². The maximum absolute atomic E-state index is 5.99. The van der Waals surface area contributed by atoms with Gasteiger partial charge in [-0.1, -0.05) is 13.3 Å². The summed E-state index contributed by atoms with van der Waals surface area (Å²) in [5, 5.41) is 0. The van der Waals surface area contributed by atoms with E-state index >= 15 is 0 Å². The summed E-state index contributed by atoms with van der Waals surface area (Å²) < 4.78 is 11.0. The summed E-state index contributed by atoms with van der Waals surface area (Å²) in [5.74, 6) is 0. The van der Waals surface area contributed by atoms with E-state index in [0.717, 1.165) is 21.4 Å². The Balaban J connectivity index is 0.000000715. The quantitative estimate of drug-likeness (QED) is 0.580. The monoisotopic (exact) mass is 389 g/mol. The smallest absolute Gasteiger partial charge is 0.343 e. The van der Waals surface area contributed by atoms with E-state index in [-0.39, 0.29) is 18.9 Å². The average molecular weight is 388 g/mol. The van der Waals surface area contributed by atoms with Crippen LogP contribution in [0.25, 0.3) is 11.1 Å². The molecule has 0 radical (unpaired) electrons. The van der Waals surface area contributed by atoms with Gasteiger partial charge >= 0.3 is 120 Å². The van der Waals surface area contributed by atoms with Gasteiger partial charge in [0, 0.05) is 0 Å². The topological polar surface area (TPSA) is 26.0 Å². The molecule has 1 heterocycles. The Hall–Kier alpha value is 0.0861. The van der Waals surface area contributed by atoms with E-state index in [1.54, 1.807) is 0 Å². The number of hydrogen-bond donors (Lipinski definition) is 0. The molecule has 1 aromatic heterocycles. The third-order valence-corrected chi connectivity index (χ3v) is 18.9. The molecule has 21 heavy (non-hydrogen) atoms. The van der Waals surface area contributed by atoms with Crippen LogP contribution in [0.15, 0.2) is 28.7 Å². The number of benzene rings is 1. The molecule has 0 fully saturated rings. The fraction of sp³-hybridized carbons (Fsp3) is 0.529. The summed E-state index contributed by atoms with van der Waals surface area (Å²) >= 11 is -2.26. The van der Waals surface area contributed by atoms with Gasteiger partial charge in [-0.15, -0.1) is 0 Å². The van der Waals surface area contributed by atoms with Crippen molar-refractivity contribution in [3.05, 3.63) is 31.2 Å². The molecule has 0 saturated heterocycles. The first kappa shape index (κ1) is 21.1. The fourth-order valence-corrected chi connectivity index (χ4v) is 11.1. The summed E-state index contributed by atoms with van der Waals surface area (Å²) in [7, 11) is 0. The minimum absolute atomic E-state index is 0. The van der Waals surface area contributed by atoms with E-state index in [0.29, 0.717) is 0 Å². The Bertz CT molecular complexity index is 465. The molecule has 0 aliphatic carbocycles. The van der Waals surface area contributed by atoms with Crippen molar-refractivity contribution >= 4 is 33.4 Å². The van der Waals surface area contributed by atoms with Crippen molar-refractivity contribution in [2.45, 2.75) is 53.8 Å². The SMILES string of the molecule is C[CH2][Sn]([CH2]C)([CH2]C)[c]1nc2ccccc2o1.[CH2-]CCC.[Li+]. The molecule has 0 saturated carbocycles. The number of fused-ring (bicyclic) bond motifs is 1. The molecule has 0 bridgehead atoms. The van der Waals surface area contributed by atoms with Crippen LogP contribution < -0.4 is 22.8 Å². The average Bonchev–Trinajstić information content (AvgIpc) is 2.94. The van der Waals surface area contributed by atoms with Crippen LogP contribution in [-0.4, -0.2) is 23.4 Å². The van der Waals surface area contributed by atoms with Crippen LogP contribution in [0.4, 0.5) is 0 Å². The first-order valence-corrected chi connectivity index (χ1v) is 15.3. The minimum Gasteiger partial charge on any atom is -0.343 e. The van der Waals surface area contributed by atoms with Crippen LogP contribution >= 0.6 is 0 Å². The van der Waals surface area contributed by atoms with E-state index in [9.17, 15) is 0 Å².